The maximum atomic E-state index is 12.3. The maximum Gasteiger partial charge on any atom is 0.407 e. The molecule has 0 aliphatic carbocycles. The Morgan fingerprint density at radius 1 is 1.15 bits per heavy atom. The van der Waals surface area contributed by atoms with Crippen LogP contribution in [0.15, 0.2) is 54.6 Å². The second-order valence-corrected chi connectivity index (χ2v) is 9.76. The van der Waals surface area contributed by atoms with E-state index in [0.717, 1.165) is 42.1 Å². The Morgan fingerprint density at radius 2 is 1.85 bits per heavy atom. The molecule has 0 radical (unpaired) electrons. The number of benzene rings is 2. The van der Waals surface area contributed by atoms with E-state index in [9.17, 15) is 4.79 Å². The van der Waals surface area contributed by atoms with Crippen molar-refractivity contribution in [3.05, 3.63) is 65.7 Å². The van der Waals surface area contributed by atoms with Crippen molar-refractivity contribution in [3.8, 4) is 23.0 Å². The number of nitrogens with zero attached hydrogens (tertiary/aromatic N) is 4. The van der Waals surface area contributed by atoms with Gasteiger partial charge in [0.2, 0.25) is 0 Å². The fraction of sp³-hybridized carbons (Fsp3) is 0.370. The number of nitrogens with one attached hydrogen (secondary N) is 1. The molecule has 0 unspecified atom stereocenters. The Kier molecular flexibility index (Phi) is 6.60. The average Bonchev–Trinajstić information content (AvgIpc) is 3.24. The molecule has 176 valence electrons. The monoisotopic (exact) mass is 457 g/mol. The Morgan fingerprint density at radius 3 is 2.50 bits per heavy atom. The van der Waals surface area contributed by atoms with Crippen LogP contribution in [0.4, 0.5) is 10.6 Å². The van der Waals surface area contributed by atoms with Crippen molar-refractivity contribution in [2.24, 2.45) is 0 Å². The number of ether oxygens (including phenoxy) is 1. The van der Waals surface area contributed by atoms with Crippen molar-refractivity contribution in [1.82, 2.24) is 15.1 Å². The summed E-state index contributed by atoms with van der Waals surface area (Å²) in [5.41, 5.74) is 4.18. The lowest BCUT2D eigenvalue weighted by Crippen LogP contribution is -2.49. The van der Waals surface area contributed by atoms with Gasteiger partial charge < -0.3 is 15.0 Å². The number of aromatic nitrogens is 2. The van der Waals surface area contributed by atoms with Crippen LogP contribution in [0.3, 0.4) is 0 Å². The summed E-state index contributed by atoms with van der Waals surface area (Å²) in [7, 11) is 0. The van der Waals surface area contributed by atoms with Gasteiger partial charge in [0.15, 0.2) is 5.82 Å². The molecule has 0 spiro atoms. The molecule has 34 heavy (non-hydrogen) atoms. The van der Waals surface area contributed by atoms with Crippen LogP contribution in [-0.2, 0) is 4.74 Å². The van der Waals surface area contributed by atoms with Gasteiger partial charge in [-0.25, -0.2) is 9.48 Å². The summed E-state index contributed by atoms with van der Waals surface area (Å²) in [4.78, 5) is 14.5. The Balaban J connectivity index is 1.62. The van der Waals surface area contributed by atoms with Crippen LogP contribution in [0.2, 0.25) is 0 Å². The lowest BCUT2D eigenvalue weighted by atomic mass is 10.1. The van der Waals surface area contributed by atoms with Crippen LogP contribution < -0.4 is 10.2 Å². The molecular weight excluding hydrogens is 426 g/mol. The molecule has 0 bridgehead atoms. The van der Waals surface area contributed by atoms with Gasteiger partial charge in [-0.3, -0.25) is 0 Å². The fourth-order valence-electron chi connectivity index (χ4n) is 4.10. The molecule has 1 aromatic heterocycles. The number of hydrogen-bond acceptors (Lipinski definition) is 5. The zero-order valence-corrected chi connectivity index (χ0v) is 20.2. The third-order valence-electron chi connectivity index (χ3n) is 5.75. The number of anilines is 1. The largest absolute Gasteiger partial charge is 0.444 e. The molecule has 1 saturated heterocycles. The first kappa shape index (κ1) is 23.4. The average molecular weight is 458 g/mol. The van der Waals surface area contributed by atoms with Crippen molar-refractivity contribution >= 4 is 11.9 Å². The molecule has 4 rings (SSSR count). The van der Waals surface area contributed by atoms with E-state index in [1.54, 1.807) is 0 Å². The first-order valence-electron chi connectivity index (χ1n) is 11.6. The summed E-state index contributed by atoms with van der Waals surface area (Å²) in [6, 6.07) is 20.1. The molecule has 1 amide bonds. The van der Waals surface area contributed by atoms with E-state index in [2.05, 4.69) is 53.5 Å². The van der Waals surface area contributed by atoms with Crippen LogP contribution in [0, 0.1) is 18.3 Å². The quantitative estimate of drug-likeness (QED) is 0.581. The van der Waals surface area contributed by atoms with E-state index in [0.29, 0.717) is 12.1 Å². The van der Waals surface area contributed by atoms with Crippen molar-refractivity contribution in [2.75, 3.05) is 18.0 Å². The van der Waals surface area contributed by atoms with Gasteiger partial charge in [-0.05, 0) is 64.8 Å². The summed E-state index contributed by atoms with van der Waals surface area (Å²) in [6.45, 7) is 9.18. The molecule has 1 aliphatic rings. The minimum Gasteiger partial charge on any atom is -0.444 e. The molecule has 2 aromatic carbocycles. The van der Waals surface area contributed by atoms with E-state index in [1.165, 1.54) is 5.56 Å². The van der Waals surface area contributed by atoms with E-state index < -0.39 is 5.60 Å². The standard InChI is InChI=1S/C27H31N5O2/c1-19-7-13-23(14-8-19)32-24(21-11-9-20(17-28)10-12-21)16-25(30-32)31-15-5-6-22(18-31)29-26(33)34-27(2,3)4/h7-14,16,22H,5-6,15,18H2,1-4H3,(H,29,33)/t22-/m1/s1. The number of carbonyl (C=O) groups is 1. The Hall–Kier alpha value is -3.79. The highest BCUT2D eigenvalue weighted by molar-refractivity contribution is 5.69. The number of piperidine rings is 1. The van der Waals surface area contributed by atoms with Gasteiger partial charge in [-0.15, -0.1) is 5.10 Å². The van der Waals surface area contributed by atoms with Gasteiger partial charge >= 0.3 is 6.09 Å². The van der Waals surface area contributed by atoms with Crippen LogP contribution in [-0.4, -0.2) is 40.6 Å². The van der Waals surface area contributed by atoms with Gasteiger partial charge in [-0.2, -0.15) is 5.26 Å². The van der Waals surface area contributed by atoms with Crippen LogP contribution in [0.5, 0.6) is 0 Å². The van der Waals surface area contributed by atoms with Crippen molar-refractivity contribution in [2.45, 2.75) is 52.2 Å². The number of rotatable bonds is 4. The molecule has 1 N–H and O–H groups in total. The lowest BCUT2D eigenvalue weighted by Gasteiger charge is -2.33. The van der Waals surface area contributed by atoms with Crippen LogP contribution in [0.1, 0.15) is 44.7 Å². The Bertz CT molecular complexity index is 1180. The number of alkyl carbamates (subject to hydrolysis) is 1. The molecule has 7 nitrogen and oxygen atoms in total. The first-order valence-corrected chi connectivity index (χ1v) is 11.6. The summed E-state index contributed by atoms with van der Waals surface area (Å²) < 4.78 is 7.38. The minimum absolute atomic E-state index is 0.00788. The highest BCUT2D eigenvalue weighted by atomic mass is 16.6. The third-order valence-corrected chi connectivity index (χ3v) is 5.75. The number of hydrogen-bond donors (Lipinski definition) is 1. The van der Waals surface area contributed by atoms with Crippen molar-refractivity contribution in [1.29, 1.82) is 5.26 Å². The van der Waals surface area contributed by atoms with E-state index >= 15 is 0 Å². The smallest absolute Gasteiger partial charge is 0.407 e. The number of amides is 1. The molecule has 1 aliphatic heterocycles. The van der Waals surface area contributed by atoms with Gasteiger partial charge in [0.1, 0.15) is 5.60 Å². The highest BCUT2D eigenvalue weighted by Gasteiger charge is 2.26. The molecule has 1 atom stereocenters. The Labute approximate surface area is 201 Å². The summed E-state index contributed by atoms with van der Waals surface area (Å²) in [5.74, 6) is 0.857. The first-order chi connectivity index (χ1) is 16.2. The van der Waals surface area contributed by atoms with Gasteiger partial charge in [0.25, 0.3) is 0 Å². The van der Waals surface area contributed by atoms with Gasteiger partial charge in [-0.1, -0.05) is 29.8 Å². The fourth-order valence-corrected chi connectivity index (χ4v) is 4.10. The molecule has 3 aromatic rings. The maximum absolute atomic E-state index is 12.3. The van der Waals surface area contributed by atoms with Crippen molar-refractivity contribution in [3.63, 3.8) is 0 Å². The molecule has 0 saturated carbocycles. The van der Waals surface area contributed by atoms with E-state index in [4.69, 9.17) is 15.1 Å². The van der Waals surface area contributed by atoms with Crippen molar-refractivity contribution < 1.29 is 9.53 Å². The molecular formula is C27H31N5O2. The molecule has 7 heteroatoms. The molecule has 2 heterocycles. The van der Waals surface area contributed by atoms with Gasteiger partial charge in [0, 0.05) is 30.8 Å². The third kappa shape index (κ3) is 5.57. The van der Waals surface area contributed by atoms with E-state index in [-0.39, 0.29) is 12.1 Å². The second kappa shape index (κ2) is 9.60. The zero-order valence-electron chi connectivity index (χ0n) is 20.2. The summed E-state index contributed by atoms with van der Waals surface area (Å²) in [5, 5.41) is 17.1. The van der Waals surface area contributed by atoms with Gasteiger partial charge in [0.05, 0.1) is 23.0 Å². The number of aryl methyl sites for hydroxylation is 1. The second-order valence-electron chi connectivity index (χ2n) is 9.76. The van der Waals surface area contributed by atoms with Crippen LogP contribution in [0.25, 0.3) is 16.9 Å². The normalized spacial score (nSPS) is 16.1. The highest BCUT2D eigenvalue weighted by Crippen LogP contribution is 2.29. The predicted molar refractivity (Wildman–Crippen MR) is 133 cm³/mol. The SMILES string of the molecule is Cc1ccc(-n2nc(N3CCC[C@@H](NC(=O)OC(C)(C)C)C3)cc2-c2ccc(C#N)cc2)cc1. The number of nitriles is 1. The topological polar surface area (TPSA) is 83.2 Å². The van der Waals surface area contributed by atoms with Crippen LogP contribution >= 0.6 is 0 Å². The summed E-state index contributed by atoms with van der Waals surface area (Å²) in [6.07, 6.45) is 1.46. The number of carbonyl (C=O) groups excluding carboxylic acids is 1. The zero-order chi connectivity index (χ0) is 24.3. The predicted octanol–water partition coefficient (Wildman–Crippen LogP) is 5.21. The summed E-state index contributed by atoms with van der Waals surface area (Å²) >= 11 is 0. The minimum atomic E-state index is -0.527. The van der Waals surface area contributed by atoms with E-state index in [1.807, 2.05) is 49.7 Å². The lowest BCUT2D eigenvalue weighted by molar-refractivity contribution is 0.0500. The molecule has 1 fully saturated rings.